The molecule has 16 heteroatoms. The molecule has 44 heavy (non-hydrogen) atoms. The van der Waals surface area contributed by atoms with E-state index in [1.54, 1.807) is 0 Å². The highest BCUT2D eigenvalue weighted by Crippen LogP contribution is 2.46. The number of aromatic hydroxyl groups is 2. The van der Waals surface area contributed by atoms with E-state index in [0.717, 1.165) is 6.07 Å². The lowest BCUT2D eigenvalue weighted by molar-refractivity contribution is -0.293. The number of phenolic OH excluding ortho intramolecular Hbond substituents is 2. The first kappa shape index (κ1) is 32.0. The normalized spacial score (nSPS) is 35.2. The number of aliphatic hydroxyl groups is 8. The van der Waals surface area contributed by atoms with E-state index < -0.39 is 80.7 Å². The van der Waals surface area contributed by atoms with Crippen LogP contribution in [0.1, 0.15) is 17.2 Å². The van der Waals surface area contributed by atoms with Gasteiger partial charge in [-0.05, 0) is 18.2 Å². The summed E-state index contributed by atoms with van der Waals surface area (Å²) in [6.45, 7) is -1.42. The van der Waals surface area contributed by atoms with Gasteiger partial charge >= 0.3 is 0 Å². The van der Waals surface area contributed by atoms with Crippen molar-refractivity contribution >= 4 is 6.08 Å². The van der Waals surface area contributed by atoms with Gasteiger partial charge in [-0.3, -0.25) is 0 Å². The molecule has 0 aromatic heterocycles. The van der Waals surface area contributed by atoms with Crippen LogP contribution >= 0.6 is 0 Å². The fraction of sp³-hybridized carbons (Fsp3) is 0.500. The van der Waals surface area contributed by atoms with Crippen LogP contribution in [-0.4, -0.2) is 133 Å². The first-order valence-electron chi connectivity index (χ1n) is 13.5. The molecular formula is C28H34O16. The Morgan fingerprint density at radius 1 is 0.705 bits per heavy atom. The lowest BCUT2D eigenvalue weighted by Crippen LogP contribution is -2.60. The van der Waals surface area contributed by atoms with Gasteiger partial charge in [-0.25, -0.2) is 0 Å². The van der Waals surface area contributed by atoms with Crippen LogP contribution in [0.25, 0.3) is 6.08 Å². The van der Waals surface area contributed by atoms with Gasteiger partial charge in [-0.1, -0.05) is 6.07 Å². The van der Waals surface area contributed by atoms with E-state index in [9.17, 15) is 51.1 Å². The zero-order valence-electron chi connectivity index (χ0n) is 23.2. The van der Waals surface area contributed by atoms with Crippen LogP contribution in [0.2, 0.25) is 0 Å². The number of hydrogen-bond acceptors (Lipinski definition) is 16. The Balaban J connectivity index is 1.55. The van der Waals surface area contributed by atoms with Crippen molar-refractivity contribution in [2.75, 3.05) is 20.3 Å². The minimum Gasteiger partial charge on any atom is -0.508 e. The van der Waals surface area contributed by atoms with Crippen LogP contribution in [0, 0.1) is 0 Å². The van der Waals surface area contributed by atoms with Crippen molar-refractivity contribution in [3.8, 4) is 28.7 Å². The number of methoxy groups -OCH3 is 1. The second-order valence-electron chi connectivity index (χ2n) is 10.5. The number of fused-ring (bicyclic) bond motifs is 1. The molecular weight excluding hydrogens is 592 g/mol. The quantitative estimate of drug-likeness (QED) is 0.146. The number of rotatable bonds is 8. The van der Waals surface area contributed by atoms with E-state index in [1.807, 2.05) is 0 Å². The maximum Gasteiger partial charge on any atom is 0.229 e. The van der Waals surface area contributed by atoms with E-state index >= 15 is 0 Å². The van der Waals surface area contributed by atoms with Gasteiger partial charge in [-0.15, -0.1) is 0 Å². The Kier molecular flexibility index (Phi) is 9.38. The second kappa shape index (κ2) is 12.9. The van der Waals surface area contributed by atoms with Gasteiger partial charge < -0.3 is 79.5 Å². The summed E-state index contributed by atoms with van der Waals surface area (Å²) >= 11 is 0. The molecule has 16 nitrogen and oxygen atoms in total. The molecule has 2 saturated heterocycles. The first-order valence-corrected chi connectivity index (χ1v) is 13.5. The third-order valence-corrected chi connectivity index (χ3v) is 7.58. The zero-order valence-corrected chi connectivity index (χ0v) is 23.2. The minimum atomic E-state index is -1.78. The molecule has 0 bridgehead atoms. The Morgan fingerprint density at radius 2 is 1.30 bits per heavy atom. The summed E-state index contributed by atoms with van der Waals surface area (Å²) in [6.07, 6.45) is -16.0. The largest absolute Gasteiger partial charge is 0.508 e. The molecule has 242 valence electrons. The van der Waals surface area contributed by atoms with Crippen LogP contribution in [0.3, 0.4) is 0 Å². The fourth-order valence-corrected chi connectivity index (χ4v) is 5.10. The molecule has 3 aliphatic heterocycles. The predicted octanol–water partition coefficient (Wildman–Crippen LogP) is -2.42. The summed E-state index contributed by atoms with van der Waals surface area (Å²) in [4.78, 5) is 0. The lowest BCUT2D eigenvalue weighted by Gasteiger charge is -2.41. The first-order chi connectivity index (χ1) is 21.0. The third-order valence-electron chi connectivity index (χ3n) is 7.58. The number of aliphatic hydroxyl groups excluding tert-OH is 8. The van der Waals surface area contributed by atoms with Crippen molar-refractivity contribution in [1.29, 1.82) is 0 Å². The number of hydrogen-bond donors (Lipinski definition) is 10. The molecule has 11 atom stereocenters. The lowest BCUT2D eigenvalue weighted by atomic mass is 9.98. The molecule has 0 radical (unpaired) electrons. The Labute approximate surface area is 249 Å². The van der Waals surface area contributed by atoms with Crippen LogP contribution in [0.5, 0.6) is 28.7 Å². The molecule has 0 saturated carbocycles. The summed E-state index contributed by atoms with van der Waals surface area (Å²) in [5.41, 5.74) is 0.447. The maximum atomic E-state index is 10.6. The van der Waals surface area contributed by atoms with E-state index in [1.165, 1.54) is 37.5 Å². The van der Waals surface area contributed by atoms with Gasteiger partial charge in [0.1, 0.15) is 71.8 Å². The van der Waals surface area contributed by atoms with Crippen molar-refractivity contribution in [1.82, 2.24) is 0 Å². The molecule has 2 aromatic carbocycles. The number of benzene rings is 2. The standard InChI is InChI=1S/C28H34O16/c1-39-16-4-10(2-3-13(16)32)26-17(42-28-25(38)23(36)21(34)19(9-30)44-28)7-12-14(40-26)5-11(31)6-15(12)41-27-24(37)22(35)20(33)18(8-29)43-27/h2-7,18-38H,8-9H2,1H3/t18-,19-,20+,21+,22-,23-,24-,25-,26?,27+,28+/m1/s1. The van der Waals surface area contributed by atoms with Crippen molar-refractivity contribution in [3.63, 3.8) is 0 Å². The number of ether oxygens (including phenoxy) is 6. The van der Waals surface area contributed by atoms with Crippen molar-refractivity contribution < 1.29 is 79.5 Å². The van der Waals surface area contributed by atoms with Gasteiger partial charge in [0.25, 0.3) is 0 Å². The van der Waals surface area contributed by atoms with Crippen molar-refractivity contribution in [3.05, 3.63) is 47.2 Å². The number of phenols is 2. The van der Waals surface area contributed by atoms with E-state index in [2.05, 4.69) is 0 Å². The van der Waals surface area contributed by atoms with Gasteiger partial charge in [0, 0.05) is 17.7 Å². The molecule has 0 spiro atoms. The molecule has 2 aromatic rings. The fourth-order valence-electron chi connectivity index (χ4n) is 5.10. The van der Waals surface area contributed by atoms with E-state index in [-0.39, 0.29) is 40.1 Å². The van der Waals surface area contributed by atoms with Gasteiger partial charge in [0.05, 0.1) is 25.9 Å². The molecule has 1 unspecified atom stereocenters. The zero-order chi connectivity index (χ0) is 31.9. The average molecular weight is 627 g/mol. The van der Waals surface area contributed by atoms with Crippen LogP contribution in [-0.2, 0) is 14.2 Å². The highest BCUT2D eigenvalue weighted by Gasteiger charge is 2.47. The van der Waals surface area contributed by atoms with Gasteiger partial charge in [0.15, 0.2) is 17.6 Å². The van der Waals surface area contributed by atoms with Crippen LogP contribution < -0.4 is 14.2 Å². The molecule has 2 fully saturated rings. The monoisotopic (exact) mass is 626 g/mol. The van der Waals surface area contributed by atoms with Crippen molar-refractivity contribution in [2.24, 2.45) is 0 Å². The summed E-state index contributed by atoms with van der Waals surface area (Å²) in [5.74, 6) is -0.688. The summed E-state index contributed by atoms with van der Waals surface area (Å²) in [6, 6.07) is 6.61. The average Bonchev–Trinajstić information content (AvgIpc) is 3.01. The van der Waals surface area contributed by atoms with E-state index in [0.29, 0.717) is 5.56 Å². The van der Waals surface area contributed by atoms with Gasteiger partial charge in [-0.2, -0.15) is 0 Å². The van der Waals surface area contributed by atoms with Gasteiger partial charge in [0.2, 0.25) is 12.6 Å². The molecule has 0 amide bonds. The minimum absolute atomic E-state index is 0.0165. The SMILES string of the molecule is COc1cc(C2Oc3cc(O)cc(O[C@H]4O[C@H](CO)[C@H](O)[C@@H](O)[C@H]4O)c3C=C2O[C@H]2O[C@H](CO)[C@H](O)[C@@H](O)[C@H]2O)ccc1O. The third kappa shape index (κ3) is 5.96. The summed E-state index contributed by atoms with van der Waals surface area (Å²) in [5, 5.41) is 102. The predicted molar refractivity (Wildman–Crippen MR) is 143 cm³/mol. The summed E-state index contributed by atoms with van der Waals surface area (Å²) < 4.78 is 34.0. The highest BCUT2D eigenvalue weighted by molar-refractivity contribution is 5.70. The molecule has 0 aliphatic carbocycles. The van der Waals surface area contributed by atoms with Crippen LogP contribution in [0.4, 0.5) is 0 Å². The summed E-state index contributed by atoms with van der Waals surface area (Å²) in [7, 11) is 1.33. The Bertz CT molecular complexity index is 1350. The van der Waals surface area contributed by atoms with Crippen molar-refractivity contribution in [2.45, 2.75) is 67.5 Å². The molecule has 3 heterocycles. The maximum absolute atomic E-state index is 10.6. The second-order valence-corrected chi connectivity index (χ2v) is 10.5. The highest BCUT2D eigenvalue weighted by atomic mass is 16.7. The van der Waals surface area contributed by atoms with E-state index in [4.69, 9.17) is 28.4 Å². The van der Waals surface area contributed by atoms with Crippen LogP contribution in [0.15, 0.2) is 36.1 Å². The molecule has 10 N–H and O–H groups in total. The Morgan fingerprint density at radius 3 is 1.86 bits per heavy atom. The molecule has 5 rings (SSSR count). The topological polar surface area (TPSA) is 258 Å². The smallest absolute Gasteiger partial charge is 0.229 e. The Hall–Kier alpha value is -3.42. The molecule has 3 aliphatic rings.